The molecule has 0 unspecified atom stereocenters. The molecule has 4 aromatic rings. The molecule has 5 nitrogen and oxygen atoms in total. The SMILES string of the molecule is CCC/C(C)=C/CC(C)(C)c1c(C)c(OC(=O)Oc2c(C)c(C(C)(C)C/C=C(\C)CCC)c(O)c3ccccc23)c2ccccc2c1O. The summed E-state index contributed by atoms with van der Waals surface area (Å²) in [6.07, 6.45) is 9.26. The molecule has 0 fully saturated rings. The van der Waals surface area contributed by atoms with E-state index in [1.807, 2.05) is 62.4 Å². The Morgan fingerprint density at radius 2 is 0.979 bits per heavy atom. The van der Waals surface area contributed by atoms with Gasteiger partial charge in [0.25, 0.3) is 0 Å². The summed E-state index contributed by atoms with van der Waals surface area (Å²) in [7, 11) is 0. The van der Waals surface area contributed by atoms with Gasteiger partial charge in [-0.1, -0.05) is 126 Å². The third-order valence-electron chi connectivity index (χ3n) is 9.69. The zero-order chi connectivity index (χ0) is 35.4. The Balaban J connectivity index is 1.81. The minimum absolute atomic E-state index is 0.200. The van der Waals surface area contributed by atoms with Crippen molar-refractivity contribution in [1.29, 1.82) is 0 Å². The Bertz CT molecular complexity index is 1740. The Hall–Kier alpha value is -4.25. The molecule has 0 saturated carbocycles. The lowest BCUT2D eigenvalue weighted by atomic mass is 9.76. The van der Waals surface area contributed by atoms with Crippen LogP contribution in [0.2, 0.25) is 0 Å². The van der Waals surface area contributed by atoms with Crippen molar-refractivity contribution in [3.05, 3.63) is 94.1 Å². The highest BCUT2D eigenvalue weighted by Crippen LogP contribution is 2.48. The number of hydrogen-bond acceptors (Lipinski definition) is 5. The van der Waals surface area contributed by atoms with Crippen LogP contribution in [0.25, 0.3) is 21.5 Å². The smallest absolute Gasteiger partial charge is 0.507 e. The van der Waals surface area contributed by atoms with E-state index in [0.29, 0.717) is 44.2 Å². The number of phenols is 2. The molecule has 0 amide bonds. The maximum Gasteiger partial charge on any atom is 0.519 e. The van der Waals surface area contributed by atoms with E-state index in [9.17, 15) is 15.0 Å². The highest BCUT2D eigenvalue weighted by molar-refractivity contribution is 5.99. The highest BCUT2D eigenvalue weighted by atomic mass is 16.7. The summed E-state index contributed by atoms with van der Waals surface area (Å²) in [5.74, 6) is 1.13. The molecule has 0 saturated heterocycles. The summed E-state index contributed by atoms with van der Waals surface area (Å²) in [4.78, 5) is 13.9. The van der Waals surface area contributed by atoms with Crippen LogP contribution >= 0.6 is 0 Å². The van der Waals surface area contributed by atoms with Gasteiger partial charge < -0.3 is 19.7 Å². The molecule has 0 aliphatic rings. The molecule has 0 bridgehead atoms. The third-order valence-corrected chi connectivity index (χ3v) is 9.69. The van der Waals surface area contributed by atoms with Gasteiger partial charge in [0.05, 0.1) is 0 Å². The van der Waals surface area contributed by atoms with Crippen LogP contribution < -0.4 is 9.47 Å². The molecule has 0 spiro atoms. The highest BCUT2D eigenvalue weighted by Gasteiger charge is 2.32. The zero-order valence-corrected chi connectivity index (χ0v) is 30.6. The van der Waals surface area contributed by atoms with Gasteiger partial charge in [-0.2, -0.15) is 0 Å². The van der Waals surface area contributed by atoms with Crippen molar-refractivity contribution in [2.75, 3.05) is 0 Å². The number of allylic oxidation sites excluding steroid dienone is 4. The molecule has 4 aromatic carbocycles. The number of rotatable bonds is 12. The number of fused-ring (bicyclic) bond motifs is 2. The van der Waals surface area contributed by atoms with Crippen LogP contribution in [-0.4, -0.2) is 16.4 Å². The number of carbonyl (C=O) groups is 1. The normalized spacial score (nSPS) is 13.0. The van der Waals surface area contributed by atoms with E-state index in [0.717, 1.165) is 49.7 Å². The standard InChI is InChI=1S/C43H54O5/c1-11-17-27(3)23-25-42(7,8)35-29(5)39(33-21-15-13-19-31(33)37(35)44)47-41(46)48-40-30(6)36(38(45)32-20-14-16-22-34(32)40)43(9,10)26-24-28(4)18-12-2/h13-16,19-24,44-45H,11-12,17-18,25-26H2,1-10H3/b27-23+,28-24+. The fraction of sp³-hybridized carbons (Fsp3) is 0.419. The minimum atomic E-state index is -0.877. The molecule has 0 heterocycles. The lowest BCUT2D eigenvalue weighted by molar-refractivity contribution is 0.152. The quantitative estimate of drug-likeness (QED) is 0.0906. The lowest BCUT2D eigenvalue weighted by Crippen LogP contribution is -2.22. The van der Waals surface area contributed by atoms with Crippen molar-refractivity contribution in [2.45, 2.75) is 119 Å². The van der Waals surface area contributed by atoms with Gasteiger partial charge in [0.2, 0.25) is 0 Å². The topological polar surface area (TPSA) is 76.0 Å². The Labute approximate surface area is 287 Å². The Kier molecular flexibility index (Phi) is 11.3. The molecular weight excluding hydrogens is 596 g/mol. The van der Waals surface area contributed by atoms with E-state index >= 15 is 0 Å². The molecule has 5 heteroatoms. The van der Waals surface area contributed by atoms with E-state index in [1.54, 1.807) is 0 Å². The van der Waals surface area contributed by atoms with Crippen molar-refractivity contribution in [1.82, 2.24) is 0 Å². The van der Waals surface area contributed by atoms with E-state index in [-0.39, 0.29) is 11.5 Å². The number of carbonyl (C=O) groups excluding carboxylic acids is 1. The minimum Gasteiger partial charge on any atom is -0.507 e. The second-order valence-corrected chi connectivity index (χ2v) is 14.7. The van der Waals surface area contributed by atoms with Crippen molar-refractivity contribution in [3.63, 3.8) is 0 Å². The molecular formula is C43H54O5. The summed E-state index contributed by atoms with van der Waals surface area (Å²) in [6, 6.07) is 14.9. The zero-order valence-electron chi connectivity index (χ0n) is 30.6. The van der Waals surface area contributed by atoms with Gasteiger partial charge in [-0.3, -0.25) is 0 Å². The van der Waals surface area contributed by atoms with Crippen LogP contribution in [0.3, 0.4) is 0 Å². The predicted octanol–water partition coefficient (Wildman–Crippen LogP) is 12.4. The number of ether oxygens (including phenoxy) is 2. The number of hydrogen-bond donors (Lipinski definition) is 2. The van der Waals surface area contributed by atoms with E-state index in [1.165, 1.54) is 11.1 Å². The molecule has 0 aliphatic heterocycles. The van der Waals surface area contributed by atoms with E-state index in [2.05, 4.69) is 67.5 Å². The van der Waals surface area contributed by atoms with E-state index < -0.39 is 17.0 Å². The van der Waals surface area contributed by atoms with Crippen LogP contribution in [0.5, 0.6) is 23.0 Å². The predicted molar refractivity (Wildman–Crippen MR) is 200 cm³/mol. The molecule has 0 aliphatic carbocycles. The first-order valence-electron chi connectivity index (χ1n) is 17.3. The maximum absolute atomic E-state index is 13.9. The molecule has 2 N–H and O–H groups in total. The average Bonchev–Trinajstić information content (AvgIpc) is 3.03. The molecule has 256 valence electrons. The van der Waals surface area contributed by atoms with Gasteiger partial charge in [0.15, 0.2) is 0 Å². The maximum atomic E-state index is 13.9. The van der Waals surface area contributed by atoms with Gasteiger partial charge >= 0.3 is 6.16 Å². The first-order chi connectivity index (χ1) is 22.6. The summed E-state index contributed by atoms with van der Waals surface area (Å²) in [5, 5.41) is 25.7. The average molecular weight is 651 g/mol. The summed E-state index contributed by atoms with van der Waals surface area (Å²) >= 11 is 0. The molecule has 0 atom stereocenters. The fourth-order valence-corrected chi connectivity index (χ4v) is 7.19. The first-order valence-corrected chi connectivity index (χ1v) is 17.3. The van der Waals surface area contributed by atoms with Crippen molar-refractivity contribution < 1.29 is 24.5 Å². The van der Waals surface area contributed by atoms with Crippen LogP contribution in [0.1, 0.15) is 116 Å². The lowest BCUT2D eigenvalue weighted by Gasteiger charge is -2.30. The summed E-state index contributed by atoms with van der Waals surface area (Å²) < 4.78 is 12.2. The van der Waals surface area contributed by atoms with Gasteiger partial charge in [-0.15, -0.1) is 0 Å². The van der Waals surface area contributed by atoms with Crippen molar-refractivity contribution in [3.8, 4) is 23.0 Å². The van der Waals surface area contributed by atoms with Crippen molar-refractivity contribution >= 4 is 27.7 Å². The Morgan fingerprint density at radius 1 is 0.646 bits per heavy atom. The largest absolute Gasteiger partial charge is 0.519 e. The van der Waals surface area contributed by atoms with E-state index in [4.69, 9.17) is 9.47 Å². The molecule has 48 heavy (non-hydrogen) atoms. The second-order valence-electron chi connectivity index (χ2n) is 14.7. The second kappa shape index (κ2) is 14.9. The first kappa shape index (κ1) is 36.6. The molecule has 4 rings (SSSR count). The molecule has 0 radical (unpaired) electrons. The van der Waals surface area contributed by atoms with Gasteiger partial charge in [0, 0.05) is 43.8 Å². The van der Waals surface area contributed by atoms with Gasteiger partial charge in [-0.05, 0) is 64.2 Å². The number of benzene rings is 4. The summed E-state index contributed by atoms with van der Waals surface area (Å²) in [5.41, 5.74) is 4.62. The van der Waals surface area contributed by atoms with Crippen LogP contribution in [0, 0.1) is 13.8 Å². The van der Waals surface area contributed by atoms with Crippen LogP contribution in [0.4, 0.5) is 4.79 Å². The van der Waals surface area contributed by atoms with Crippen LogP contribution in [-0.2, 0) is 10.8 Å². The fourth-order valence-electron chi connectivity index (χ4n) is 7.19. The summed E-state index contributed by atoms with van der Waals surface area (Å²) in [6.45, 7) is 20.8. The molecule has 0 aromatic heterocycles. The Morgan fingerprint density at radius 3 is 1.31 bits per heavy atom. The van der Waals surface area contributed by atoms with Gasteiger partial charge in [-0.25, -0.2) is 4.79 Å². The third kappa shape index (κ3) is 7.56. The van der Waals surface area contributed by atoms with Gasteiger partial charge in [0.1, 0.15) is 23.0 Å². The van der Waals surface area contributed by atoms with Crippen LogP contribution in [0.15, 0.2) is 71.8 Å². The monoisotopic (exact) mass is 650 g/mol. The number of phenolic OH excluding ortho intramolecular Hbond substituents is 2. The number of aromatic hydroxyl groups is 2. The van der Waals surface area contributed by atoms with Crippen molar-refractivity contribution in [2.24, 2.45) is 0 Å².